The van der Waals surface area contributed by atoms with Crippen LogP contribution in [0.25, 0.3) is 11.4 Å². The Balaban J connectivity index is 1.64. The summed E-state index contributed by atoms with van der Waals surface area (Å²) in [4.78, 5) is 12.1. The minimum absolute atomic E-state index is 0.00971. The van der Waals surface area contributed by atoms with Gasteiger partial charge in [0.05, 0.1) is 27.5 Å². The van der Waals surface area contributed by atoms with Gasteiger partial charge in [-0.15, -0.1) is 0 Å². The third-order valence-corrected chi connectivity index (χ3v) is 6.49. The van der Waals surface area contributed by atoms with E-state index in [0.29, 0.717) is 5.69 Å². The van der Waals surface area contributed by atoms with Crippen molar-refractivity contribution in [3.63, 3.8) is 0 Å². The number of anilines is 1. The molecular weight excluding hydrogens is 466 g/mol. The molecule has 4 rings (SSSR count). The highest BCUT2D eigenvalue weighted by Crippen LogP contribution is 2.23. The number of halogens is 3. The lowest BCUT2D eigenvalue weighted by molar-refractivity contribution is 0.598. The van der Waals surface area contributed by atoms with Crippen LogP contribution in [0.5, 0.6) is 0 Å². The minimum Gasteiger partial charge on any atom is -0.324 e. The average Bonchev–Trinajstić information content (AvgIpc) is 3.29. The van der Waals surface area contributed by atoms with Gasteiger partial charge in [-0.3, -0.25) is 9.52 Å². The predicted octanol–water partition coefficient (Wildman–Crippen LogP) is 4.27. The van der Waals surface area contributed by atoms with Crippen LogP contribution in [-0.4, -0.2) is 22.8 Å². The SMILES string of the molecule is O=c1c(Cl)c(Cl)cnn1-c1ccc(S(=O)(=O)Nc2cc(-n3cccc3)ccc2F)cc1. The van der Waals surface area contributed by atoms with Crippen molar-refractivity contribution in [2.75, 3.05) is 4.72 Å². The van der Waals surface area contributed by atoms with Crippen molar-refractivity contribution in [3.05, 3.63) is 99.4 Å². The number of sulfonamides is 1. The number of nitrogens with zero attached hydrogens (tertiary/aromatic N) is 3. The molecule has 0 saturated heterocycles. The number of hydrogen-bond acceptors (Lipinski definition) is 4. The van der Waals surface area contributed by atoms with Gasteiger partial charge in [-0.25, -0.2) is 12.8 Å². The Morgan fingerprint density at radius 1 is 0.968 bits per heavy atom. The van der Waals surface area contributed by atoms with Crippen molar-refractivity contribution in [1.29, 1.82) is 0 Å². The van der Waals surface area contributed by atoms with Crippen LogP contribution in [0, 0.1) is 5.82 Å². The molecule has 0 saturated carbocycles. The monoisotopic (exact) mass is 478 g/mol. The summed E-state index contributed by atoms with van der Waals surface area (Å²) in [6.07, 6.45) is 4.71. The number of rotatable bonds is 5. The van der Waals surface area contributed by atoms with Gasteiger partial charge < -0.3 is 4.57 Å². The zero-order valence-electron chi connectivity index (χ0n) is 15.5. The second kappa shape index (κ2) is 8.18. The topological polar surface area (TPSA) is 86.0 Å². The van der Waals surface area contributed by atoms with Crippen molar-refractivity contribution < 1.29 is 12.8 Å². The van der Waals surface area contributed by atoms with Crippen molar-refractivity contribution in [3.8, 4) is 11.4 Å². The summed E-state index contributed by atoms with van der Waals surface area (Å²) in [6, 6.07) is 13.0. The first kappa shape index (κ1) is 21.1. The average molecular weight is 479 g/mol. The molecule has 0 aliphatic rings. The molecule has 31 heavy (non-hydrogen) atoms. The Morgan fingerprint density at radius 2 is 1.61 bits per heavy atom. The summed E-state index contributed by atoms with van der Waals surface area (Å²) < 4.78 is 44.7. The normalized spacial score (nSPS) is 11.5. The summed E-state index contributed by atoms with van der Waals surface area (Å²) >= 11 is 11.6. The standard InChI is InChI=1S/C20H13Cl2FN4O3S/c21-16-12-24-27(20(28)19(16)22)13-3-6-15(7-4-13)31(29,30)25-18-11-14(5-8-17(18)23)26-9-1-2-10-26/h1-12,25H. The van der Waals surface area contributed by atoms with Crippen molar-refractivity contribution in [1.82, 2.24) is 14.3 Å². The van der Waals surface area contributed by atoms with Crippen LogP contribution >= 0.6 is 23.2 Å². The Hall–Kier alpha value is -3.14. The highest BCUT2D eigenvalue weighted by Gasteiger charge is 2.18. The van der Waals surface area contributed by atoms with Gasteiger partial charge in [-0.05, 0) is 54.6 Å². The predicted molar refractivity (Wildman–Crippen MR) is 116 cm³/mol. The third kappa shape index (κ3) is 4.20. The van der Waals surface area contributed by atoms with Gasteiger partial charge in [0.15, 0.2) is 0 Å². The number of aromatic nitrogens is 3. The molecule has 2 aromatic carbocycles. The first-order valence-electron chi connectivity index (χ1n) is 8.76. The molecule has 0 bridgehead atoms. The number of nitrogens with one attached hydrogen (secondary N) is 1. The van der Waals surface area contributed by atoms with Crippen LogP contribution < -0.4 is 10.3 Å². The van der Waals surface area contributed by atoms with E-state index in [1.807, 2.05) is 0 Å². The molecule has 11 heteroatoms. The molecule has 0 aliphatic carbocycles. The first-order chi connectivity index (χ1) is 14.8. The molecule has 0 fully saturated rings. The lowest BCUT2D eigenvalue weighted by Gasteiger charge is -2.12. The van der Waals surface area contributed by atoms with Crippen LogP contribution in [0.2, 0.25) is 10.0 Å². The molecule has 0 aliphatic heterocycles. The van der Waals surface area contributed by atoms with E-state index < -0.39 is 21.4 Å². The fourth-order valence-corrected chi connectivity index (χ4v) is 4.14. The maximum atomic E-state index is 14.3. The van der Waals surface area contributed by atoms with Gasteiger partial charge >= 0.3 is 0 Å². The summed E-state index contributed by atoms with van der Waals surface area (Å²) in [5.74, 6) is -0.720. The highest BCUT2D eigenvalue weighted by molar-refractivity contribution is 7.92. The van der Waals surface area contributed by atoms with E-state index in [4.69, 9.17) is 23.2 Å². The maximum absolute atomic E-state index is 14.3. The lowest BCUT2D eigenvalue weighted by Crippen LogP contribution is -2.21. The summed E-state index contributed by atoms with van der Waals surface area (Å²) in [7, 11) is -4.10. The summed E-state index contributed by atoms with van der Waals surface area (Å²) in [5, 5.41) is 3.69. The largest absolute Gasteiger partial charge is 0.324 e. The smallest absolute Gasteiger partial charge is 0.291 e. The Labute approximate surface area is 186 Å². The van der Waals surface area contributed by atoms with Crippen LogP contribution in [-0.2, 0) is 10.0 Å². The van der Waals surface area contributed by atoms with E-state index in [0.717, 1.165) is 4.68 Å². The fourth-order valence-electron chi connectivity index (χ4n) is 2.83. The Bertz CT molecular complexity index is 1420. The molecule has 2 aromatic heterocycles. The van der Waals surface area contributed by atoms with Gasteiger partial charge in [-0.2, -0.15) is 9.78 Å². The molecule has 0 unspecified atom stereocenters. The number of benzene rings is 2. The maximum Gasteiger partial charge on any atom is 0.291 e. The second-order valence-electron chi connectivity index (χ2n) is 6.38. The van der Waals surface area contributed by atoms with Gasteiger partial charge in [0.25, 0.3) is 15.6 Å². The van der Waals surface area contributed by atoms with E-state index in [1.165, 1.54) is 48.7 Å². The lowest BCUT2D eigenvalue weighted by atomic mass is 10.2. The van der Waals surface area contributed by atoms with Gasteiger partial charge in [0.1, 0.15) is 10.8 Å². The van der Waals surface area contributed by atoms with Crippen LogP contribution in [0.3, 0.4) is 0 Å². The van der Waals surface area contributed by atoms with E-state index in [-0.39, 0.29) is 26.3 Å². The van der Waals surface area contributed by atoms with Gasteiger partial charge in [-0.1, -0.05) is 23.2 Å². The molecule has 158 valence electrons. The Morgan fingerprint density at radius 3 is 2.29 bits per heavy atom. The molecular formula is C20H13Cl2FN4O3S. The second-order valence-corrected chi connectivity index (χ2v) is 8.84. The molecule has 4 aromatic rings. The minimum atomic E-state index is -4.10. The molecule has 0 atom stereocenters. The van der Waals surface area contributed by atoms with Crippen molar-refractivity contribution in [2.45, 2.75) is 4.90 Å². The van der Waals surface area contributed by atoms with E-state index in [1.54, 1.807) is 29.1 Å². The van der Waals surface area contributed by atoms with Crippen LogP contribution in [0.1, 0.15) is 0 Å². The Kier molecular flexibility index (Phi) is 5.57. The van der Waals surface area contributed by atoms with Crippen molar-refractivity contribution >= 4 is 38.9 Å². The zero-order valence-corrected chi connectivity index (χ0v) is 17.9. The molecule has 1 N–H and O–H groups in total. The third-order valence-electron chi connectivity index (χ3n) is 4.36. The summed E-state index contributed by atoms with van der Waals surface area (Å²) in [6.45, 7) is 0. The molecule has 0 radical (unpaired) electrons. The van der Waals surface area contributed by atoms with Gasteiger partial charge in [0.2, 0.25) is 0 Å². The zero-order chi connectivity index (χ0) is 22.2. The first-order valence-corrected chi connectivity index (χ1v) is 11.0. The van der Waals surface area contributed by atoms with E-state index in [9.17, 15) is 17.6 Å². The fraction of sp³-hybridized carbons (Fsp3) is 0. The molecule has 0 spiro atoms. The van der Waals surface area contributed by atoms with Crippen LogP contribution in [0.4, 0.5) is 10.1 Å². The quantitative estimate of drug-likeness (QED) is 0.463. The number of hydrogen-bond donors (Lipinski definition) is 1. The highest BCUT2D eigenvalue weighted by atomic mass is 35.5. The van der Waals surface area contributed by atoms with Gasteiger partial charge in [0, 0.05) is 18.1 Å². The molecule has 0 amide bonds. The van der Waals surface area contributed by atoms with Crippen LogP contribution in [0.15, 0.2) is 82.9 Å². The van der Waals surface area contributed by atoms with Crippen molar-refractivity contribution in [2.24, 2.45) is 0 Å². The molecule has 2 heterocycles. The van der Waals surface area contributed by atoms with E-state index in [2.05, 4.69) is 9.82 Å². The molecule has 7 nitrogen and oxygen atoms in total. The summed E-state index contributed by atoms with van der Waals surface area (Å²) in [5.41, 5.74) is 0.0252. The van der Waals surface area contributed by atoms with E-state index >= 15 is 0 Å².